The van der Waals surface area contributed by atoms with E-state index >= 15 is 0 Å². The number of esters is 1. The highest BCUT2D eigenvalue weighted by Gasteiger charge is 2.14. The minimum absolute atomic E-state index is 0.0233. The molecule has 0 aliphatic rings. The lowest BCUT2D eigenvalue weighted by molar-refractivity contribution is -0.150. The van der Waals surface area contributed by atoms with Crippen molar-refractivity contribution in [2.75, 3.05) is 0 Å². The molecule has 4 heteroatoms. The number of carboxylic acids is 1. The average molecular weight is 517 g/mol. The molecular formula is C33H56O4. The smallest absolute Gasteiger partial charge is 0.306 e. The van der Waals surface area contributed by atoms with Crippen LogP contribution < -0.4 is 0 Å². The van der Waals surface area contributed by atoms with Crippen LogP contribution in [-0.2, 0) is 14.3 Å². The van der Waals surface area contributed by atoms with Gasteiger partial charge in [0, 0.05) is 12.8 Å². The molecule has 0 fully saturated rings. The minimum Gasteiger partial charge on any atom is -0.481 e. The molecule has 0 saturated carbocycles. The summed E-state index contributed by atoms with van der Waals surface area (Å²) < 4.78 is 5.86. The molecule has 1 unspecified atom stereocenters. The molecule has 0 aliphatic carbocycles. The molecule has 0 aromatic carbocycles. The van der Waals surface area contributed by atoms with E-state index in [0.29, 0.717) is 6.42 Å². The van der Waals surface area contributed by atoms with E-state index in [-0.39, 0.29) is 18.5 Å². The first-order valence-electron chi connectivity index (χ1n) is 15.1. The zero-order chi connectivity index (χ0) is 27.2. The second-order valence-corrected chi connectivity index (χ2v) is 9.91. The predicted molar refractivity (Wildman–Crippen MR) is 158 cm³/mol. The van der Waals surface area contributed by atoms with Crippen LogP contribution in [0, 0.1) is 0 Å². The molecule has 0 radical (unpaired) electrons. The molecule has 1 atom stereocenters. The maximum Gasteiger partial charge on any atom is 0.306 e. The number of carbonyl (C=O) groups excluding carboxylic acids is 1. The van der Waals surface area contributed by atoms with Crippen LogP contribution in [0.15, 0.2) is 48.6 Å². The second-order valence-electron chi connectivity index (χ2n) is 9.91. The van der Waals surface area contributed by atoms with Gasteiger partial charge in [0.1, 0.15) is 6.10 Å². The van der Waals surface area contributed by atoms with Gasteiger partial charge in [-0.1, -0.05) is 101 Å². The molecule has 0 aromatic heterocycles. The summed E-state index contributed by atoms with van der Waals surface area (Å²) in [4.78, 5) is 22.9. The van der Waals surface area contributed by atoms with Crippen LogP contribution >= 0.6 is 0 Å². The molecule has 0 aliphatic heterocycles. The van der Waals surface area contributed by atoms with E-state index in [0.717, 1.165) is 103 Å². The van der Waals surface area contributed by atoms with Gasteiger partial charge >= 0.3 is 11.9 Å². The summed E-state index contributed by atoms with van der Waals surface area (Å²) in [5.41, 5.74) is 0. The number of hydrogen-bond acceptors (Lipinski definition) is 3. The number of carbonyl (C=O) groups is 2. The predicted octanol–water partition coefficient (Wildman–Crippen LogP) is 10.0. The fraction of sp³-hybridized carbons (Fsp3) is 0.697. The average Bonchev–Trinajstić information content (AvgIpc) is 2.88. The van der Waals surface area contributed by atoms with E-state index in [1.807, 2.05) is 0 Å². The summed E-state index contributed by atoms with van der Waals surface area (Å²) in [6, 6.07) is 0. The third-order valence-corrected chi connectivity index (χ3v) is 6.32. The zero-order valence-electron chi connectivity index (χ0n) is 24.0. The van der Waals surface area contributed by atoms with Crippen LogP contribution in [0.25, 0.3) is 0 Å². The Morgan fingerprint density at radius 3 is 1.76 bits per heavy atom. The van der Waals surface area contributed by atoms with Gasteiger partial charge in [-0.3, -0.25) is 9.59 Å². The Hall–Kier alpha value is -2.10. The molecule has 0 rings (SSSR count). The van der Waals surface area contributed by atoms with E-state index < -0.39 is 5.97 Å². The minimum atomic E-state index is -0.712. The number of unbranched alkanes of at least 4 members (excludes halogenated alkanes) is 9. The van der Waals surface area contributed by atoms with Crippen molar-refractivity contribution in [2.45, 2.75) is 148 Å². The number of aliphatic carboxylic acids is 1. The Morgan fingerprint density at radius 2 is 1.14 bits per heavy atom. The van der Waals surface area contributed by atoms with Crippen LogP contribution in [0.5, 0.6) is 0 Å². The summed E-state index contributed by atoms with van der Waals surface area (Å²) in [5, 5.41) is 8.74. The van der Waals surface area contributed by atoms with Gasteiger partial charge in [-0.15, -0.1) is 0 Å². The van der Waals surface area contributed by atoms with Crippen molar-refractivity contribution < 1.29 is 19.4 Å². The molecule has 0 aromatic rings. The second kappa shape index (κ2) is 28.5. The Labute approximate surface area is 228 Å². The number of ether oxygens (including phenoxy) is 1. The normalized spacial score (nSPS) is 12.9. The SMILES string of the molecule is CC/C=C\C/C=C\C/C=C\C/C=C\CCCCC(CCCCCCCC(=O)O)OC(=O)CCCCCC. The molecule has 37 heavy (non-hydrogen) atoms. The summed E-state index contributed by atoms with van der Waals surface area (Å²) >= 11 is 0. The van der Waals surface area contributed by atoms with Crippen molar-refractivity contribution in [1.82, 2.24) is 0 Å². The fourth-order valence-corrected chi connectivity index (χ4v) is 4.11. The molecule has 4 nitrogen and oxygen atoms in total. The standard InChI is InChI=1S/C33H56O4/c1-3-5-7-9-10-11-12-13-14-15-16-17-18-20-23-27-31(37-33(36)30-26-8-6-4-2)28-24-21-19-22-25-29-32(34)35/h5,7,10-11,13-14,16-17,31H,3-4,6,8-9,12,15,18-30H2,1-2H3,(H,34,35)/b7-5-,11-10-,14-13-,17-16-. The largest absolute Gasteiger partial charge is 0.481 e. The van der Waals surface area contributed by atoms with Gasteiger partial charge in [0.2, 0.25) is 0 Å². The molecular weight excluding hydrogens is 460 g/mol. The highest BCUT2D eigenvalue weighted by Crippen LogP contribution is 2.17. The molecule has 0 heterocycles. The fourth-order valence-electron chi connectivity index (χ4n) is 4.11. The van der Waals surface area contributed by atoms with Crippen molar-refractivity contribution in [3.05, 3.63) is 48.6 Å². The van der Waals surface area contributed by atoms with Crippen molar-refractivity contribution in [2.24, 2.45) is 0 Å². The zero-order valence-corrected chi connectivity index (χ0v) is 24.0. The summed E-state index contributed by atoms with van der Waals surface area (Å²) in [6.07, 6.45) is 37.1. The van der Waals surface area contributed by atoms with E-state index in [4.69, 9.17) is 9.84 Å². The number of rotatable bonds is 26. The Bertz CT molecular complexity index is 645. The quantitative estimate of drug-likeness (QED) is 0.0705. The van der Waals surface area contributed by atoms with Gasteiger partial charge in [-0.2, -0.15) is 0 Å². The molecule has 0 bridgehead atoms. The van der Waals surface area contributed by atoms with Crippen LogP contribution in [0.1, 0.15) is 142 Å². The first-order chi connectivity index (χ1) is 18.1. The lowest BCUT2D eigenvalue weighted by Crippen LogP contribution is -2.18. The van der Waals surface area contributed by atoms with Crippen LogP contribution in [0.3, 0.4) is 0 Å². The van der Waals surface area contributed by atoms with Crippen molar-refractivity contribution >= 4 is 11.9 Å². The lowest BCUT2D eigenvalue weighted by atomic mass is 10.0. The van der Waals surface area contributed by atoms with Crippen molar-refractivity contribution in [3.8, 4) is 0 Å². The van der Waals surface area contributed by atoms with Crippen molar-refractivity contribution in [3.63, 3.8) is 0 Å². The number of hydrogen-bond donors (Lipinski definition) is 1. The summed E-state index contributed by atoms with van der Waals surface area (Å²) in [5.74, 6) is -0.752. The molecule has 0 spiro atoms. The third kappa shape index (κ3) is 28.3. The van der Waals surface area contributed by atoms with Gasteiger partial charge in [0.15, 0.2) is 0 Å². The van der Waals surface area contributed by atoms with Gasteiger partial charge in [-0.25, -0.2) is 0 Å². The number of allylic oxidation sites excluding steroid dienone is 8. The molecule has 212 valence electrons. The maximum atomic E-state index is 12.3. The molecule has 0 amide bonds. The van der Waals surface area contributed by atoms with E-state index in [9.17, 15) is 9.59 Å². The van der Waals surface area contributed by atoms with Gasteiger partial charge in [0.25, 0.3) is 0 Å². The van der Waals surface area contributed by atoms with E-state index in [1.165, 1.54) is 12.8 Å². The lowest BCUT2D eigenvalue weighted by Gasteiger charge is -2.18. The van der Waals surface area contributed by atoms with Crippen LogP contribution in [0.2, 0.25) is 0 Å². The summed E-state index contributed by atoms with van der Waals surface area (Å²) in [6.45, 7) is 4.33. The Balaban J connectivity index is 4.12. The van der Waals surface area contributed by atoms with Gasteiger partial charge in [0.05, 0.1) is 0 Å². The highest BCUT2D eigenvalue weighted by atomic mass is 16.5. The molecule has 0 saturated heterocycles. The number of carboxylic acid groups (broad SMARTS) is 1. The highest BCUT2D eigenvalue weighted by molar-refractivity contribution is 5.69. The van der Waals surface area contributed by atoms with E-state index in [1.54, 1.807) is 0 Å². The van der Waals surface area contributed by atoms with Gasteiger partial charge < -0.3 is 9.84 Å². The monoisotopic (exact) mass is 516 g/mol. The Morgan fingerprint density at radius 1 is 0.622 bits per heavy atom. The Kier molecular flexibility index (Phi) is 26.9. The molecule has 1 N–H and O–H groups in total. The van der Waals surface area contributed by atoms with E-state index in [2.05, 4.69) is 62.5 Å². The maximum absolute atomic E-state index is 12.3. The first-order valence-corrected chi connectivity index (χ1v) is 15.1. The topological polar surface area (TPSA) is 63.6 Å². The van der Waals surface area contributed by atoms with Crippen LogP contribution in [-0.4, -0.2) is 23.1 Å². The first kappa shape index (κ1) is 34.9. The third-order valence-electron chi connectivity index (χ3n) is 6.32. The summed E-state index contributed by atoms with van der Waals surface area (Å²) in [7, 11) is 0. The van der Waals surface area contributed by atoms with Crippen LogP contribution in [0.4, 0.5) is 0 Å². The van der Waals surface area contributed by atoms with Crippen molar-refractivity contribution in [1.29, 1.82) is 0 Å². The van der Waals surface area contributed by atoms with Gasteiger partial charge in [-0.05, 0) is 77.0 Å².